The van der Waals surface area contributed by atoms with Gasteiger partial charge in [0.15, 0.2) is 0 Å². The van der Waals surface area contributed by atoms with E-state index in [9.17, 15) is 0 Å². The molecule has 2 unspecified atom stereocenters. The van der Waals surface area contributed by atoms with Crippen molar-refractivity contribution in [2.24, 2.45) is 0 Å². The molecule has 0 radical (unpaired) electrons. The lowest BCUT2D eigenvalue weighted by Crippen LogP contribution is -2.25. The molecule has 2 rings (SSSR count). The maximum atomic E-state index is 5.89. The van der Waals surface area contributed by atoms with Crippen molar-refractivity contribution in [1.29, 1.82) is 0 Å². The van der Waals surface area contributed by atoms with Crippen LogP contribution in [0.4, 0.5) is 0 Å². The molecule has 0 saturated heterocycles. The number of benzene rings is 1. The molecule has 19 heavy (non-hydrogen) atoms. The van der Waals surface area contributed by atoms with E-state index in [2.05, 4.69) is 30.4 Å². The molecule has 2 atom stereocenters. The van der Waals surface area contributed by atoms with Gasteiger partial charge in [-0.1, -0.05) is 13.0 Å². The highest BCUT2D eigenvalue weighted by molar-refractivity contribution is 5.39. The third kappa shape index (κ3) is 3.71. The smallest absolute Gasteiger partial charge is 0.120 e. The van der Waals surface area contributed by atoms with Gasteiger partial charge < -0.3 is 14.8 Å². The van der Waals surface area contributed by atoms with Gasteiger partial charge in [-0.3, -0.25) is 0 Å². The lowest BCUT2D eigenvalue weighted by Gasteiger charge is -2.27. The fourth-order valence-electron chi connectivity index (χ4n) is 2.81. The largest absolute Gasteiger partial charge is 0.488 e. The monoisotopic (exact) mass is 263 g/mol. The van der Waals surface area contributed by atoms with E-state index in [1.807, 2.05) is 6.92 Å². The van der Waals surface area contributed by atoms with Crippen LogP contribution < -0.4 is 10.1 Å². The number of aryl methyl sites for hydroxylation is 1. The first-order valence-electron chi connectivity index (χ1n) is 7.26. The fraction of sp³-hybridized carbons (Fsp3) is 0.625. The van der Waals surface area contributed by atoms with Gasteiger partial charge in [-0.2, -0.15) is 0 Å². The second-order valence-corrected chi connectivity index (χ2v) is 5.25. The number of methoxy groups -OCH3 is 1. The highest BCUT2D eigenvalue weighted by atomic mass is 16.5. The zero-order valence-electron chi connectivity index (χ0n) is 12.2. The van der Waals surface area contributed by atoms with Gasteiger partial charge in [0.1, 0.15) is 11.9 Å². The molecule has 3 nitrogen and oxygen atoms in total. The average molecular weight is 263 g/mol. The Balaban J connectivity index is 2.13. The van der Waals surface area contributed by atoms with Crippen LogP contribution in [-0.4, -0.2) is 26.4 Å². The van der Waals surface area contributed by atoms with Crippen molar-refractivity contribution in [3.63, 3.8) is 0 Å². The third-order valence-electron chi connectivity index (χ3n) is 3.62. The minimum Gasteiger partial charge on any atom is -0.488 e. The van der Waals surface area contributed by atoms with Crippen LogP contribution in [0.15, 0.2) is 18.2 Å². The van der Waals surface area contributed by atoms with Gasteiger partial charge in [-0.05, 0) is 56.0 Å². The minimum atomic E-state index is 0.0872. The molecule has 0 aliphatic heterocycles. The molecule has 3 heteroatoms. The van der Waals surface area contributed by atoms with Crippen molar-refractivity contribution < 1.29 is 9.47 Å². The molecular weight excluding hydrogens is 238 g/mol. The molecule has 1 aromatic carbocycles. The average Bonchev–Trinajstić information content (AvgIpc) is 2.40. The summed E-state index contributed by atoms with van der Waals surface area (Å²) in [6, 6.07) is 6.98. The molecule has 0 amide bonds. The number of ether oxygens (including phenoxy) is 2. The summed E-state index contributed by atoms with van der Waals surface area (Å²) < 4.78 is 11.0. The molecule has 1 aliphatic carbocycles. The summed E-state index contributed by atoms with van der Waals surface area (Å²) in [5.74, 6) is 0.952. The van der Waals surface area contributed by atoms with Crippen LogP contribution in [-0.2, 0) is 11.2 Å². The Morgan fingerprint density at radius 3 is 3.00 bits per heavy atom. The quantitative estimate of drug-likeness (QED) is 0.855. The summed E-state index contributed by atoms with van der Waals surface area (Å²) in [6.07, 6.45) is 3.76. The van der Waals surface area contributed by atoms with E-state index in [0.717, 1.165) is 12.3 Å². The van der Waals surface area contributed by atoms with Gasteiger partial charge in [0.05, 0.1) is 6.61 Å². The Bertz CT molecular complexity index is 406. The predicted molar refractivity (Wildman–Crippen MR) is 77.8 cm³/mol. The molecule has 106 valence electrons. The second kappa shape index (κ2) is 6.92. The molecule has 0 saturated carbocycles. The molecule has 0 spiro atoms. The van der Waals surface area contributed by atoms with Gasteiger partial charge in [-0.25, -0.2) is 0 Å². The molecule has 1 aromatic rings. The lowest BCUT2D eigenvalue weighted by atomic mass is 9.87. The standard InChI is InChI=1S/C16H25NO2/c1-4-17-16-7-5-6-13-8-9-14(10-15(13)16)19-12(2)11-18-3/h8-10,12,16-17H,4-7,11H2,1-3H3. The summed E-state index contributed by atoms with van der Waals surface area (Å²) >= 11 is 0. The molecule has 1 aliphatic rings. The maximum Gasteiger partial charge on any atom is 0.120 e. The molecule has 0 heterocycles. The van der Waals surface area contributed by atoms with E-state index < -0.39 is 0 Å². The highest BCUT2D eigenvalue weighted by Crippen LogP contribution is 2.32. The molecular formula is C16H25NO2. The summed E-state index contributed by atoms with van der Waals surface area (Å²) in [5.41, 5.74) is 2.87. The molecule has 0 bridgehead atoms. The number of hydrogen-bond acceptors (Lipinski definition) is 3. The van der Waals surface area contributed by atoms with Crippen LogP contribution in [0.25, 0.3) is 0 Å². The lowest BCUT2D eigenvalue weighted by molar-refractivity contribution is 0.0919. The Kier molecular flexibility index (Phi) is 5.23. The van der Waals surface area contributed by atoms with E-state index in [1.54, 1.807) is 7.11 Å². The summed E-state index contributed by atoms with van der Waals surface area (Å²) in [6.45, 7) is 5.82. The first-order chi connectivity index (χ1) is 9.24. The number of nitrogens with one attached hydrogen (secondary N) is 1. The van der Waals surface area contributed by atoms with Gasteiger partial charge in [0, 0.05) is 13.2 Å². The van der Waals surface area contributed by atoms with Crippen molar-refractivity contribution in [1.82, 2.24) is 5.32 Å². The number of hydrogen-bond donors (Lipinski definition) is 1. The minimum absolute atomic E-state index is 0.0872. The first kappa shape index (κ1) is 14.4. The first-order valence-corrected chi connectivity index (χ1v) is 7.26. The fourth-order valence-corrected chi connectivity index (χ4v) is 2.81. The van der Waals surface area contributed by atoms with Gasteiger partial charge in [-0.15, -0.1) is 0 Å². The number of rotatable bonds is 6. The van der Waals surface area contributed by atoms with E-state index in [4.69, 9.17) is 9.47 Å². The topological polar surface area (TPSA) is 30.5 Å². The Labute approximate surface area is 116 Å². The second-order valence-electron chi connectivity index (χ2n) is 5.25. The van der Waals surface area contributed by atoms with Crippen LogP contribution in [0.3, 0.4) is 0 Å². The normalized spacial score (nSPS) is 19.8. The molecule has 1 N–H and O–H groups in total. The summed E-state index contributed by atoms with van der Waals surface area (Å²) in [7, 11) is 1.70. The van der Waals surface area contributed by atoms with Gasteiger partial charge in [0.25, 0.3) is 0 Å². The Morgan fingerprint density at radius 1 is 1.42 bits per heavy atom. The zero-order valence-corrected chi connectivity index (χ0v) is 12.2. The van der Waals surface area contributed by atoms with Crippen LogP contribution in [0.2, 0.25) is 0 Å². The Morgan fingerprint density at radius 2 is 2.26 bits per heavy atom. The summed E-state index contributed by atoms with van der Waals surface area (Å²) in [4.78, 5) is 0. The van der Waals surface area contributed by atoms with Crippen molar-refractivity contribution >= 4 is 0 Å². The van der Waals surface area contributed by atoms with E-state index in [0.29, 0.717) is 12.6 Å². The van der Waals surface area contributed by atoms with Gasteiger partial charge in [0.2, 0.25) is 0 Å². The van der Waals surface area contributed by atoms with Crippen molar-refractivity contribution in [2.45, 2.75) is 45.3 Å². The van der Waals surface area contributed by atoms with Crippen LogP contribution in [0.5, 0.6) is 5.75 Å². The van der Waals surface area contributed by atoms with Crippen molar-refractivity contribution in [3.8, 4) is 5.75 Å². The van der Waals surface area contributed by atoms with E-state index >= 15 is 0 Å². The SMILES string of the molecule is CCNC1CCCc2ccc(OC(C)COC)cc21. The highest BCUT2D eigenvalue weighted by Gasteiger charge is 2.20. The third-order valence-corrected chi connectivity index (χ3v) is 3.62. The van der Waals surface area contributed by atoms with E-state index in [1.165, 1.54) is 30.4 Å². The van der Waals surface area contributed by atoms with Crippen LogP contribution in [0, 0.1) is 0 Å². The van der Waals surface area contributed by atoms with Gasteiger partial charge >= 0.3 is 0 Å². The van der Waals surface area contributed by atoms with Crippen LogP contribution >= 0.6 is 0 Å². The maximum absolute atomic E-state index is 5.89. The zero-order chi connectivity index (χ0) is 13.7. The summed E-state index contributed by atoms with van der Waals surface area (Å²) in [5, 5.41) is 3.57. The molecule has 0 aromatic heterocycles. The van der Waals surface area contributed by atoms with Crippen molar-refractivity contribution in [3.05, 3.63) is 29.3 Å². The van der Waals surface area contributed by atoms with Crippen LogP contribution in [0.1, 0.15) is 43.9 Å². The molecule has 0 fully saturated rings. The number of fused-ring (bicyclic) bond motifs is 1. The Hall–Kier alpha value is -1.06. The van der Waals surface area contributed by atoms with Crippen molar-refractivity contribution in [2.75, 3.05) is 20.3 Å². The van der Waals surface area contributed by atoms with E-state index in [-0.39, 0.29) is 6.10 Å². The predicted octanol–water partition coefficient (Wildman–Crippen LogP) is 3.09.